The normalized spacial score (nSPS) is 11.3. The van der Waals surface area contributed by atoms with Crippen LogP contribution in [0, 0.1) is 6.92 Å². The van der Waals surface area contributed by atoms with Crippen LogP contribution in [0.3, 0.4) is 0 Å². The topological polar surface area (TPSA) is 116 Å². The van der Waals surface area contributed by atoms with Crippen LogP contribution < -0.4 is 0 Å². The van der Waals surface area contributed by atoms with Crippen LogP contribution in [0.1, 0.15) is 15.9 Å². The molecular weight excluding hydrogens is 344 g/mol. The number of fused-ring (bicyclic) bond motifs is 1. The van der Waals surface area contributed by atoms with E-state index in [-0.39, 0.29) is 5.75 Å². The highest BCUT2D eigenvalue weighted by Crippen LogP contribution is 2.35. The molecule has 0 aliphatic rings. The minimum absolute atomic E-state index is 0.202. The molecule has 0 fully saturated rings. The Balaban J connectivity index is 1.62. The number of nitrogens with one attached hydrogen (secondary N) is 1. The molecule has 0 saturated heterocycles. The van der Waals surface area contributed by atoms with Crippen LogP contribution in [0.5, 0.6) is 5.75 Å². The molecule has 8 heteroatoms. The number of amides is 1. The number of H-pyrrole nitrogens is 1. The Labute approximate surface area is 153 Å². The number of phenolic OH excluding ortho intramolecular Hbond substituents is 1. The number of azo groups is 1. The lowest BCUT2D eigenvalue weighted by molar-refractivity contribution is 0.0995. The van der Waals surface area contributed by atoms with Crippen molar-refractivity contribution >= 4 is 22.4 Å². The highest BCUT2D eigenvalue weighted by atomic mass is 16.3. The summed E-state index contributed by atoms with van der Waals surface area (Å²) in [6.07, 6.45) is 0. The number of benzene rings is 3. The molecule has 1 aromatic heterocycles. The highest BCUT2D eigenvalue weighted by Gasteiger charge is 2.10. The van der Waals surface area contributed by atoms with Crippen LogP contribution in [0.2, 0.25) is 0 Å². The molecule has 27 heavy (non-hydrogen) atoms. The molecule has 0 spiro atoms. The smallest absolute Gasteiger partial charge is 0.295 e. The zero-order valence-electron chi connectivity index (χ0n) is 14.3. The third-order valence-corrected chi connectivity index (χ3v) is 4.17. The van der Waals surface area contributed by atoms with Crippen LogP contribution in [-0.4, -0.2) is 31.6 Å². The number of aromatic nitrogens is 4. The lowest BCUT2D eigenvalue weighted by Crippen LogP contribution is -1.93. The van der Waals surface area contributed by atoms with E-state index >= 15 is 0 Å². The molecule has 0 bridgehead atoms. The van der Waals surface area contributed by atoms with E-state index in [1.54, 1.807) is 43.3 Å². The number of tetrazole rings is 1. The monoisotopic (exact) mass is 358 g/mol. The number of rotatable bonds is 3. The number of aromatic amines is 1. The minimum Gasteiger partial charge on any atom is -0.507 e. The van der Waals surface area contributed by atoms with E-state index in [2.05, 4.69) is 30.9 Å². The Bertz CT molecular complexity index is 1150. The van der Waals surface area contributed by atoms with Gasteiger partial charge in [0.2, 0.25) is 5.82 Å². The van der Waals surface area contributed by atoms with Gasteiger partial charge >= 0.3 is 0 Å². The van der Waals surface area contributed by atoms with Crippen molar-refractivity contribution in [3.8, 4) is 17.1 Å². The number of aryl methyl sites for hydroxylation is 1. The van der Waals surface area contributed by atoms with Crippen molar-refractivity contribution in [2.75, 3.05) is 0 Å². The first-order valence-electron chi connectivity index (χ1n) is 8.15. The molecule has 4 aromatic rings. The van der Waals surface area contributed by atoms with Gasteiger partial charge in [-0.25, -0.2) is 0 Å². The average Bonchev–Trinajstić information content (AvgIpc) is 3.24. The maximum absolute atomic E-state index is 12.3. The number of carbonyl (C=O) groups excluding carboxylic acids is 1. The van der Waals surface area contributed by atoms with Gasteiger partial charge in [0, 0.05) is 21.9 Å². The van der Waals surface area contributed by atoms with Crippen molar-refractivity contribution in [1.29, 1.82) is 0 Å². The number of hydrogen-bond acceptors (Lipinski definition) is 6. The fourth-order valence-electron chi connectivity index (χ4n) is 2.76. The van der Waals surface area contributed by atoms with E-state index in [0.717, 1.165) is 10.9 Å². The van der Waals surface area contributed by atoms with Crippen LogP contribution in [-0.2, 0) is 0 Å². The number of phenols is 1. The fraction of sp³-hybridized carbons (Fsp3) is 0.0526. The molecule has 0 unspecified atom stereocenters. The summed E-state index contributed by atoms with van der Waals surface area (Å²) in [6.45, 7) is 1.78. The molecule has 0 aliphatic heterocycles. The highest BCUT2D eigenvalue weighted by molar-refractivity contribution is 5.98. The van der Waals surface area contributed by atoms with Gasteiger partial charge < -0.3 is 5.11 Å². The van der Waals surface area contributed by atoms with Gasteiger partial charge in [-0.3, -0.25) is 4.79 Å². The maximum atomic E-state index is 12.3. The molecule has 4 rings (SSSR count). The molecule has 0 atom stereocenters. The first-order valence-corrected chi connectivity index (χ1v) is 8.15. The SMILES string of the molecule is Cc1cc(N=NC(=O)c2ccc(-c3nn[nH]n3)cc2)c2ccccc2c1O. The summed E-state index contributed by atoms with van der Waals surface area (Å²) in [4.78, 5) is 12.3. The number of aromatic hydroxyl groups is 1. The molecule has 132 valence electrons. The fourth-order valence-corrected chi connectivity index (χ4v) is 2.76. The molecule has 0 saturated carbocycles. The van der Waals surface area contributed by atoms with Gasteiger partial charge in [0.05, 0.1) is 5.69 Å². The number of hydrogen-bond donors (Lipinski definition) is 2. The standard InChI is InChI=1S/C19H14N6O2/c1-11-10-16(14-4-2-3-5-15(14)17(11)26)20-23-19(27)13-8-6-12(7-9-13)18-21-24-25-22-18/h2-10,26H,1H3,(H,21,22,24,25). The second kappa shape index (κ2) is 6.75. The Hall–Kier alpha value is -3.94. The van der Waals surface area contributed by atoms with Crippen molar-refractivity contribution < 1.29 is 9.90 Å². The summed E-state index contributed by atoms with van der Waals surface area (Å²) in [5.74, 6) is 0.180. The predicted molar refractivity (Wildman–Crippen MR) is 98.8 cm³/mol. The van der Waals surface area contributed by atoms with Crippen LogP contribution in [0.25, 0.3) is 22.2 Å². The zero-order chi connectivity index (χ0) is 18.8. The Kier molecular flexibility index (Phi) is 4.13. The van der Waals surface area contributed by atoms with Gasteiger partial charge in [0.25, 0.3) is 5.91 Å². The molecule has 0 radical (unpaired) electrons. The van der Waals surface area contributed by atoms with Crippen LogP contribution in [0.4, 0.5) is 5.69 Å². The van der Waals surface area contributed by atoms with Gasteiger partial charge in [-0.2, -0.15) is 5.21 Å². The van der Waals surface area contributed by atoms with Gasteiger partial charge in [0.15, 0.2) is 0 Å². The number of nitrogens with zero attached hydrogens (tertiary/aromatic N) is 5. The molecule has 3 aromatic carbocycles. The van der Waals surface area contributed by atoms with Crippen molar-refractivity contribution in [2.45, 2.75) is 6.92 Å². The molecule has 0 aliphatic carbocycles. The first kappa shape index (κ1) is 16.5. The third kappa shape index (κ3) is 3.15. The van der Waals surface area contributed by atoms with Gasteiger partial charge in [0.1, 0.15) is 5.75 Å². The van der Waals surface area contributed by atoms with E-state index in [0.29, 0.717) is 28.0 Å². The molecule has 1 heterocycles. The van der Waals surface area contributed by atoms with Crippen molar-refractivity contribution in [2.24, 2.45) is 10.2 Å². The predicted octanol–water partition coefficient (Wildman–Crippen LogP) is 3.96. The lowest BCUT2D eigenvalue weighted by atomic mass is 10.0. The Morgan fingerprint density at radius 1 is 1.07 bits per heavy atom. The summed E-state index contributed by atoms with van der Waals surface area (Å²) >= 11 is 0. The van der Waals surface area contributed by atoms with E-state index in [1.165, 1.54) is 0 Å². The summed E-state index contributed by atoms with van der Waals surface area (Å²) in [5, 5.41) is 33.2. The largest absolute Gasteiger partial charge is 0.507 e. The first-order chi connectivity index (χ1) is 13.1. The average molecular weight is 358 g/mol. The summed E-state index contributed by atoms with van der Waals surface area (Å²) in [6, 6.07) is 15.7. The van der Waals surface area contributed by atoms with E-state index in [9.17, 15) is 9.90 Å². The van der Waals surface area contributed by atoms with Crippen molar-refractivity contribution in [3.05, 3.63) is 65.7 Å². The molecular formula is C19H14N6O2. The van der Waals surface area contributed by atoms with E-state index in [4.69, 9.17) is 0 Å². The second-order valence-electron chi connectivity index (χ2n) is 5.92. The zero-order valence-corrected chi connectivity index (χ0v) is 14.3. The quantitative estimate of drug-likeness (QED) is 0.538. The van der Waals surface area contributed by atoms with Crippen LogP contribution in [0.15, 0.2) is 64.8 Å². The summed E-state index contributed by atoms with van der Waals surface area (Å²) in [5.41, 5.74) is 2.32. The Morgan fingerprint density at radius 2 is 1.81 bits per heavy atom. The van der Waals surface area contributed by atoms with E-state index < -0.39 is 5.91 Å². The lowest BCUT2D eigenvalue weighted by Gasteiger charge is -2.06. The Morgan fingerprint density at radius 3 is 2.52 bits per heavy atom. The molecule has 1 amide bonds. The van der Waals surface area contributed by atoms with E-state index in [1.807, 2.05) is 18.2 Å². The van der Waals surface area contributed by atoms with Gasteiger partial charge in [-0.05, 0) is 35.9 Å². The van der Waals surface area contributed by atoms with Crippen molar-refractivity contribution in [3.63, 3.8) is 0 Å². The van der Waals surface area contributed by atoms with Crippen LogP contribution >= 0.6 is 0 Å². The van der Waals surface area contributed by atoms with Crippen molar-refractivity contribution in [1.82, 2.24) is 20.6 Å². The maximum Gasteiger partial charge on any atom is 0.295 e. The number of carbonyl (C=O) groups is 1. The summed E-state index contributed by atoms with van der Waals surface area (Å²) in [7, 11) is 0. The third-order valence-electron chi connectivity index (χ3n) is 4.17. The minimum atomic E-state index is -0.468. The van der Waals surface area contributed by atoms with Gasteiger partial charge in [-0.15, -0.1) is 20.4 Å². The molecule has 8 nitrogen and oxygen atoms in total. The second-order valence-corrected chi connectivity index (χ2v) is 5.92. The molecule has 2 N–H and O–H groups in total. The van der Waals surface area contributed by atoms with Gasteiger partial charge in [-0.1, -0.05) is 36.4 Å². The summed E-state index contributed by atoms with van der Waals surface area (Å²) < 4.78 is 0.